The van der Waals surface area contributed by atoms with Crippen molar-refractivity contribution < 1.29 is 0 Å². The second kappa shape index (κ2) is 6.42. The normalized spacial score (nSPS) is 16.6. The Kier molecular flexibility index (Phi) is 6.40. The van der Waals surface area contributed by atoms with Gasteiger partial charge < -0.3 is 4.90 Å². The van der Waals surface area contributed by atoms with Gasteiger partial charge in [-0.15, -0.1) is 0 Å². The van der Waals surface area contributed by atoms with Crippen molar-refractivity contribution in [2.45, 2.75) is 40.5 Å². The maximum Gasteiger partial charge on any atom is -0.00247 e. The van der Waals surface area contributed by atoms with Gasteiger partial charge >= 0.3 is 0 Å². The van der Waals surface area contributed by atoms with Crippen LogP contribution in [0.1, 0.15) is 40.5 Å². The van der Waals surface area contributed by atoms with E-state index in [1.807, 2.05) is 0 Å². The summed E-state index contributed by atoms with van der Waals surface area (Å²) in [6, 6.07) is 0. The summed E-state index contributed by atoms with van der Waals surface area (Å²) in [5, 5.41) is 0. The van der Waals surface area contributed by atoms with Crippen molar-refractivity contribution in [3.05, 3.63) is 0 Å². The van der Waals surface area contributed by atoms with Gasteiger partial charge in [0, 0.05) is 0 Å². The van der Waals surface area contributed by atoms with Crippen LogP contribution in [-0.4, -0.2) is 25.5 Å². The minimum absolute atomic E-state index is 0.828. The molecular formula is C12H27N. The molecule has 0 saturated heterocycles. The van der Waals surface area contributed by atoms with Crippen molar-refractivity contribution in [3.8, 4) is 0 Å². The van der Waals surface area contributed by atoms with Crippen LogP contribution >= 0.6 is 0 Å². The molecule has 0 N–H and O–H groups in total. The second-order valence-corrected chi connectivity index (χ2v) is 5.03. The lowest BCUT2D eigenvalue weighted by atomic mass is 9.83. The molecule has 0 aromatic carbocycles. The lowest BCUT2D eigenvalue weighted by molar-refractivity contribution is 0.265. The van der Waals surface area contributed by atoms with E-state index in [1.54, 1.807) is 0 Å². The van der Waals surface area contributed by atoms with Gasteiger partial charge in [-0.3, -0.25) is 0 Å². The molecule has 13 heavy (non-hydrogen) atoms. The van der Waals surface area contributed by atoms with Gasteiger partial charge in [0.05, 0.1) is 0 Å². The summed E-state index contributed by atoms with van der Waals surface area (Å²) in [6.07, 6.45) is 2.71. The molecule has 0 amide bonds. The summed E-state index contributed by atoms with van der Waals surface area (Å²) in [5.74, 6) is 2.57. The lowest BCUT2D eigenvalue weighted by Crippen LogP contribution is -2.18. The molecule has 0 bridgehead atoms. The maximum atomic E-state index is 2.39. The quantitative estimate of drug-likeness (QED) is 0.614. The second-order valence-electron chi connectivity index (χ2n) is 5.03. The predicted octanol–water partition coefficient (Wildman–Crippen LogP) is 3.26. The molecule has 2 atom stereocenters. The highest BCUT2D eigenvalue weighted by Crippen LogP contribution is 2.23. The monoisotopic (exact) mass is 185 g/mol. The average Bonchev–Trinajstić information content (AvgIpc) is 2.02. The van der Waals surface area contributed by atoms with Crippen molar-refractivity contribution in [1.29, 1.82) is 0 Å². The first-order chi connectivity index (χ1) is 5.95. The van der Waals surface area contributed by atoms with Crippen LogP contribution in [0.3, 0.4) is 0 Å². The molecule has 1 nitrogen and oxygen atoms in total. The van der Waals surface area contributed by atoms with Gasteiger partial charge in [-0.05, 0) is 51.2 Å². The molecule has 2 unspecified atom stereocenters. The molecule has 0 aliphatic rings. The van der Waals surface area contributed by atoms with E-state index in [-0.39, 0.29) is 0 Å². The first-order valence-electron chi connectivity index (χ1n) is 5.59. The zero-order valence-corrected chi connectivity index (χ0v) is 10.3. The molecular weight excluding hydrogens is 158 g/mol. The van der Waals surface area contributed by atoms with Gasteiger partial charge in [-0.1, -0.05) is 27.7 Å². The van der Waals surface area contributed by atoms with E-state index in [0.717, 1.165) is 17.8 Å². The predicted molar refractivity (Wildman–Crippen MR) is 61.0 cm³/mol. The summed E-state index contributed by atoms with van der Waals surface area (Å²) in [6.45, 7) is 10.7. The standard InChI is InChI=1S/C12H27N/c1-10(2)12(4)11(3)8-7-9-13(5)6/h10-12H,7-9H2,1-6H3. The molecule has 1 heteroatoms. The summed E-state index contributed by atoms with van der Waals surface area (Å²) >= 11 is 0. The highest BCUT2D eigenvalue weighted by atomic mass is 15.0. The van der Waals surface area contributed by atoms with Crippen LogP contribution in [0.25, 0.3) is 0 Å². The molecule has 0 aliphatic heterocycles. The molecule has 0 rings (SSSR count). The van der Waals surface area contributed by atoms with E-state index in [9.17, 15) is 0 Å². The Morgan fingerprint density at radius 1 is 1.00 bits per heavy atom. The van der Waals surface area contributed by atoms with Crippen molar-refractivity contribution >= 4 is 0 Å². The first-order valence-corrected chi connectivity index (χ1v) is 5.59. The van der Waals surface area contributed by atoms with Crippen LogP contribution < -0.4 is 0 Å². The van der Waals surface area contributed by atoms with E-state index in [4.69, 9.17) is 0 Å². The smallest absolute Gasteiger partial charge is 0.00247 e. The molecule has 0 radical (unpaired) electrons. The largest absolute Gasteiger partial charge is 0.309 e. The molecule has 0 heterocycles. The van der Waals surface area contributed by atoms with Gasteiger partial charge in [0.1, 0.15) is 0 Å². The van der Waals surface area contributed by atoms with Crippen molar-refractivity contribution in [2.24, 2.45) is 17.8 Å². The highest BCUT2D eigenvalue weighted by molar-refractivity contribution is 4.65. The Balaban J connectivity index is 3.55. The minimum Gasteiger partial charge on any atom is -0.309 e. The van der Waals surface area contributed by atoms with Gasteiger partial charge in [0.15, 0.2) is 0 Å². The molecule has 0 aromatic rings. The van der Waals surface area contributed by atoms with Gasteiger partial charge in [0.2, 0.25) is 0 Å². The van der Waals surface area contributed by atoms with E-state index >= 15 is 0 Å². The average molecular weight is 185 g/mol. The first kappa shape index (κ1) is 13.0. The Labute approximate surface area is 84.5 Å². The van der Waals surface area contributed by atoms with Crippen LogP contribution in [-0.2, 0) is 0 Å². The van der Waals surface area contributed by atoms with Crippen molar-refractivity contribution in [3.63, 3.8) is 0 Å². The Hall–Kier alpha value is -0.0400. The van der Waals surface area contributed by atoms with E-state index in [1.165, 1.54) is 19.4 Å². The van der Waals surface area contributed by atoms with Crippen LogP contribution in [0.5, 0.6) is 0 Å². The summed E-state index contributed by atoms with van der Waals surface area (Å²) in [5.41, 5.74) is 0. The fraction of sp³-hybridized carbons (Fsp3) is 1.00. The third-order valence-electron chi connectivity index (χ3n) is 3.21. The van der Waals surface area contributed by atoms with E-state index in [0.29, 0.717) is 0 Å². The minimum atomic E-state index is 0.828. The fourth-order valence-corrected chi connectivity index (χ4v) is 1.65. The molecule has 0 spiro atoms. The van der Waals surface area contributed by atoms with Crippen LogP contribution in [0.15, 0.2) is 0 Å². The van der Waals surface area contributed by atoms with Gasteiger partial charge in [-0.25, -0.2) is 0 Å². The third kappa shape index (κ3) is 6.09. The van der Waals surface area contributed by atoms with Gasteiger partial charge in [-0.2, -0.15) is 0 Å². The topological polar surface area (TPSA) is 3.24 Å². The van der Waals surface area contributed by atoms with Crippen LogP contribution in [0, 0.1) is 17.8 Å². The lowest BCUT2D eigenvalue weighted by Gasteiger charge is -2.23. The molecule has 80 valence electrons. The maximum absolute atomic E-state index is 2.39. The fourth-order valence-electron chi connectivity index (χ4n) is 1.65. The SMILES string of the molecule is CC(C)C(C)C(C)CCCN(C)C. The van der Waals surface area contributed by atoms with Crippen LogP contribution in [0.2, 0.25) is 0 Å². The van der Waals surface area contributed by atoms with Crippen LogP contribution in [0.4, 0.5) is 0 Å². The van der Waals surface area contributed by atoms with Crippen molar-refractivity contribution in [1.82, 2.24) is 4.90 Å². The zero-order valence-electron chi connectivity index (χ0n) is 10.3. The van der Waals surface area contributed by atoms with Gasteiger partial charge in [0.25, 0.3) is 0 Å². The number of hydrogen-bond acceptors (Lipinski definition) is 1. The molecule has 0 aliphatic carbocycles. The summed E-state index contributed by atoms with van der Waals surface area (Å²) in [7, 11) is 4.30. The molecule has 0 aromatic heterocycles. The third-order valence-corrected chi connectivity index (χ3v) is 3.21. The van der Waals surface area contributed by atoms with Crippen molar-refractivity contribution in [2.75, 3.05) is 20.6 Å². The Morgan fingerprint density at radius 2 is 1.54 bits per heavy atom. The molecule has 0 fully saturated rings. The highest BCUT2D eigenvalue weighted by Gasteiger charge is 2.14. The molecule has 0 saturated carbocycles. The number of hydrogen-bond donors (Lipinski definition) is 0. The summed E-state index contributed by atoms with van der Waals surface area (Å²) in [4.78, 5) is 2.27. The Bertz CT molecular complexity index is 118. The number of nitrogens with zero attached hydrogens (tertiary/aromatic N) is 1. The van der Waals surface area contributed by atoms with E-state index in [2.05, 4.69) is 46.7 Å². The summed E-state index contributed by atoms with van der Waals surface area (Å²) < 4.78 is 0. The Morgan fingerprint density at radius 3 is 1.92 bits per heavy atom. The number of rotatable bonds is 6. The zero-order chi connectivity index (χ0) is 10.4. The van der Waals surface area contributed by atoms with E-state index < -0.39 is 0 Å².